The van der Waals surface area contributed by atoms with Crippen LogP contribution >= 0.6 is 0 Å². The van der Waals surface area contributed by atoms with Crippen molar-refractivity contribution in [2.75, 3.05) is 64.9 Å². The second-order valence-corrected chi connectivity index (χ2v) is 10.9. The van der Waals surface area contributed by atoms with E-state index >= 15 is 0 Å². The Kier molecular flexibility index (Phi) is 7.64. The van der Waals surface area contributed by atoms with Crippen LogP contribution in [0.2, 0.25) is 0 Å². The number of terminal acetylenes is 1. The number of hydrogen-bond donors (Lipinski definition) is 1. The minimum absolute atomic E-state index is 0.0754. The fraction of sp³-hybridized carbons (Fsp3) is 0.333. The molecule has 0 unspecified atom stereocenters. The van der Waals surface area contributed by atoms with Crippen LogP contribution in [0.1, 0.15) is 12.0 Å². The lowest BCUT2D eigenvalue weighted by Crippen LogP contribution is -2.37. The number of nitrogens with zero attached hydrogens (tertiary/aromatic N) is 4. The van der Waals surface area contributed by atoms with E-state index < -0.39 is 0 Å². The van der Waals surface area contributed by atoms with Crippen LogP contribution < -0.4 is 9.64 Å². The predicted molar refractivity (Wildman–Crippen MR) is 162 cm³/mol. The molecule has 210 valence electrons. The first-order valence-electron chi connectivity index (χ1n) is 14.1. The number of pyridine rings is 1. The van der Waals surface area contributed by atoms with Gasteiger partial charge < -0.3 is 29.2 Å². The van der Waals surface area contributed by atoms with Crippen molar-refractivity contribution < 1.29 is 14.3 Å². The molecule has 2 saturated heterocycles. The van der Waals surface area contributed by atoms with Gasteiger partial charge in [0.2, 0.25) is 5.91 Å². The van der Waals surface area contributed by atoms with Gasteiger partial charge >= 0.3 is 0 Å². The molecule has 1 atom stereocenters. The highest BCUT2D eigenvalue weighted by Gasteiger charge is 2.28. The monoisotopic (exact) mass is 549 g/mol. The van der Waals surface area contributed by atoms with E-state index in [2.05, 4.69) is 51.1 Å². The molecule has 4 aromatic rings. The maximum absolute atomic E-state index is 12.4. The second-order valence-electron chi connectivity index (χ2n) is 10.9. The van der Waals surface area contributed by atoms with Crippen LogP contribution in [0.5, 0.6) is 5.75 Å². The molecule has 0 radical (unpaired) electrons. The summed E-state index contributed by atoms with van der Waals surface area (Å²) in [6, 6.07) is 18.8. The number of benzene rings is 2. The fourth-order valence-electron chi connectivity index (χ4n) is 5.62. The predicted octanol–water partition coefficient (Wildman–Crippen LogP) is 4.26. The number of anilines is 1. The number of rotatable bonds is 7. The highest BCUT2D eigenvalue weighted by molar-refractivity contribution is 5.96. The molecule has 2 aliphatic rings. The van der Waals surface area contributed by atoms with Gasteiger partial charge in [-0.15, -0.1) is 6.42 Å². The quantitative estimate of drug-likeness (QED) is 0.348. The van der Waals surface area contributed by atoms with Crippen molar-refractivity contribution in [2.24, 2.45) is 0 Å². The Morgan fingerprint density at radius 2 is 1.88 bits per heavy atom. The SMILES string of the molecule is C#Cc1cc(-c2ccnc3[nH]c(-c4ccc(N5CCOCC5)cc4)cc23)ccc1O[C@@H]1CCN(C(=O)CN(C)C)C1. The maximum atomic E-state index is 12.4. The molecule has 1 amide bonds. The van der Waals surface area contributed by atoms with E-state index in [4.69, 9.17) is 15.9 Å². The molecule has 0 aliphatic carbocycles. The zero-order valence-electron chi connectivity index (χ0n) is 23.6. The average Bonchev–Trinajstić information content (AvgIpc) is 3.65. The molecule has 0 bridgehead atoms. The summed E-state index contributed by atoms with van der Waals surface area (Å²) in [6.45, 7) is 5.03. The van der Waals surface area contributed by atoms with Crippen LogP contribution in [-0.2, 0) is 9.53 Å². The van der Waals surface area contributed by atoms with Crippen LogP contribution in [0.25, 0.3) is 33.4 Å². The third kappa shape index (κ3) is 5.78. The highest BCUT2D eigenvalue weighted by atomic mass is 16.5. The highest BCUT2D eigenvalue weighted by Crippen LogP contribution is 2.34. The van der Waals surface area contributed by atoms with Gasteiger partial charge in [0, 0.05) is 49.0 Å². The zero-order valence-corrected chi connectivity index (χ0v) is 23.6. The molecular formula is C33H35N5O3. The van der Waals surface area contributed by atoms with E-state index in [1.54, 1.807) is 0 Å². The first-order chi connectivity index (χ1) is 20.0. The molecule has 0 spiro atoms. The van der Waals surface area contributed by atoms with Crippen LogP contribution in [0, 0.1) is 12.3 Å². The molecule has 8 heteroatoms. The smallest absolute Gasteiger partial charge is 0.236 e. The minimum Gasteiger partial charge on any atom is -0.487 e. The first-order valence-corrected chi connectivity index (χ1v) is 14.1. The van der Waals surface area contributed by atoms with Gasteiger partial charge in [0.1, 0.15) is 17.5 Å². The van der Waals surface area contributed by atoms with Gasteiger partial charge in [-0.3, -0.25) is 4.79 Å². The van der Waals surface area contributed by atoms with E-state index in [-0.39, 0.29) is 12.0 Å². The average molecular weight is 550 g/mol. The number of hydrogen-bond acceptors (Lipinski definition) is 6. The van der Waals surface area contributed by atoms with Gasteiger partial charge in [-0.2, -0.15) is 0 Å². The molecule has 2 aromatic carbocycles. The molecule has 41 heavy (non-hydrogen) atoms. The van der Waals surface area contributed by atoms with Crippen LogP contribution in [0.15, 0.2) is 60.8 Å². The molecule has 8 nitrogen and oxygen atoms in total. The summed E-state index contributed by atoms with van der Waals surface area (Å²) < 4.78 is 11.8. The Balaban J connectivity index is 1.21. The van der Waals surface area contributed by atoms with Crippen molar-refractivity contribution in [1.29, 1.82) is 0 Å². The zero-order chi connectivity index (χ0) is 28.3. The minimum atomic E-state index is -0.0754. The Morgan fingerprint density at radius 3 is 2.63 bits per heavy atom. The van der Waals surface area contributed by atoms with E-state index in [1.807, 2.05) is 54.4 Å². The number of ether oxygens (including phenoxy) is 2. The number of aromatic nitrogens is 2. The lowest BCUT2D eigenvalue weighted by Gasteiger charge is -2.28. The number of amides is 1. The fourth-order valence-corrected chi connectivity index (χ4v) is 5.62. The number of H-pyrrole nitrogens is 1. The van der Waals surface area contributed by atoms with Gasteiger partial charge in [0.05, 0.1) is 31.9 Å². The van der Waals surface area contributed by atoms with Crippen molar-refractivity contribution in [1.82, 2.24) is 19.8 Å². The Hall–Kier alpha value is -4.32. The number of nitrogens with one attached hydrogen (secondary N) is 1. The molecular weight excluding hydrogens is 514 g/mol. The van der Waals surface area contributed by atoms with E-state index in [1.165, 1.54) is 5.69 Å². The van der Waals surface area contributed by atoms with Crippen molar-refractivity contribution >= 4 is 22.6 Å². The Morgan fingerprint density at radius 1 is 1.10 bits per heavy atom. The van der Waals surface area contributed by atoms with E-state index in [0.29, 0.717) is 30.9 Å². The van der Waals surface area contributed by atoms with Crippen molar-refractivity contribution in [3.63, 3.8) is 0 Å². The van der Waals surface area contributed by atoms with Gasteiger partial charge in [-0.25, -0.2) is 4.98 Å². The maximum Gasteiger partial charge on any atom is 0.236 e. The molecule has 2 fully saturated rings. The number of likely N-dealkylation sites (tertiary alicyclic amines) is 1. The van der Waals surface area contributed by atoms with Crippen molar-refractivity contribution in [3.05, 3.63) is 66.4 Å². The Labute approximate surface area is 240 Å². The molecule has 0 saturated carbocycles. The molecule has 2 aliphatic heterocycles. The summed E-state index contributed by atoms with van der Waals surface area (Å²) in [5, 5.41) is 1.03. The first kappa shape index (κ1) is 26.9. The van der Waals surface area contributed by atoms with Gasteiger partial charge in [-0.05, 0) is 67.2 Å². The molecule has 6 rings (SSSR count). The lowest BCUT2D eigenvalue weighted by atomic mass is 10.0. The summed E-state index contributed by atoms with van der Waals surface area (Å²) in [4.78, 5) is 26.6. The number of aromatic amines is 1. The van der Waals surface area contributed by atoms with Crippen molar-refractivity contribution in [3.8, 4) is 40.5 Å². The van der Waals surface area contributed by atoms with E-state index in [9.17, 15) is 4.79 Å². The Bertz CT molecular complexity index is 1580. The largest absolute Gasteiger partial charge is 0.487 e. The van der Waals surface area contributed by atoms with Gasteiger partial charge in [0.25, 0.3) is 0 Å². The molecule has 2 aromatic heterocycles. The van der Waals surface area contributed by atoms with E-state index in [0.717, 1.165) is 66.1 Å². The van der Waals surface area contributed by atoms with Crippen LogP contribution in [0.3, 0.4) is 0 Å². The number of fused-ring (bicyclic) bond motifs is 1. The van der Waals surface area contributed by atoms with Gasteiger partial charge in [-0.1, -0.05) is 24.1 Å². The standard InChI is InChI=1S/C33H35N5O3/c1-4-23-19-25(7-10-31(23)41-27-12-14-38(21-27)32(39)22-36(2)3)28-11-13-34-33-29(28)20-30(35-33)24-5-8-26(9-6-24)37-15-17-40-18-16-37/h1,5-11,13,19-20,27H,12,14-18,21-22H2,2-3H3,(H,34,35)/t27-/m1/s1. The third-order valence-corrected chi connectivity index (χ3v) is 7.78. The summed E-state index contributed by atoms with van der Waals surface area (Å²) in [5.74, 6) is 3.59. The summed E-state index contributed by atoms with van der Waals surface area (Å²) in [6.07, 6.45) is 8.46. The number of carbonyl (C=O) groups is 1. The van der Waals surface area contributed by atoms with Crippen molar-refractivity contribution in [2.45, 2.75) is 12.5 Å². The number of morpholine rings is 1. The molecule has 1 N–H and O–H groups in total. The topological polar surface area (TPSA) is 73.9 Å². The van der Waals surface area contributed by atoms with Gasteiger partial charge in [0.15, 0.2) is 0 Å². The normalized spacial score (nSPS) is 17.3. The number of likely N-dealkylation sites (N-methyl/N-ethyl adjacent to an activating group) is 1. The second kappa shape index (κ2) is 11.7. The summed E-state index contributed by atoms with van der Waals surface area (Å²) >= 11 is 0. The van der Waals surface area contributed by atoms with Crippen LogP contribution in [0.4, 0.5) is 5.69 Å². The summed E-state index contributed by atoms with van der Waals surface area (Å²) in [7, 11) is 3.80. The lowest BCUT2D eigenvalue weighted by molar-refractivity contribution is -0.131. The third-order valence-electron chi connectivity index (χ3n) is 7.78. The molecule has 4 heterocycles. The summed E-state index contributed by atoms with van der Waals surface area (Å²) in [5.41, 5.74) is 6.90. The van der Waals surface area contributed by atoms with Crippen LogP contribution in [-0.4, -0.2) is 91.8 Å². The number of carbonyl (C=O) groups excluding carboxylic acids is 1.